The maximum Gasteiger partial charge on any atom is 0.216 e. The Morgan fingerprint density at radius 2 is 1.69 bits per heavy atom. The summed E-state index contributed by atoms with van der Waals surface area (Å²) in [5, 5.41) is 0. The fraction of sp³-hybridized carbons (Fsp3) is 0.762. The Hall–Kier alpha value is -1.33. The molecule has 148 valence electrons. The van der Waals surface area contributed by atoms with Crippen molar-refractivity contribution in [2.24, 2.45) is 11.8 Å². The van der Waals surface area contributed by atoms with Crippen LogP contribution in [-0.4, -0.2) is 43.1 Å². The number of nitrogens with zero attached hydrogens (tertiary/aromatic N) is 1. The first kappa shape index (κ1) is 21.0. The van der Waals surface area contributed by atoms with E-state index in [1.807, 2.05) is 18.2 Å². The SMILES string of the molecule is COC1CC(Oc2cccc(OCC(C)CC(C)COC(C)(C)C)n2)C1. The number of pyridine rings is 1. The molecule has 0 bridgehead atoms. The smallest absolute Gasteiger partial charge is 0.216 e. The minimum atomic E-state index is -0.0813. The lowest BCUT2D eigenvalue weighted by molar-refractivity contribution is -0.0398. The summed E-state index contributed by atoms with van der Waals surface area (Å²) in [6.07, 6.45) is 3.44. The molecule has 0 spiro atoms. The van der Waals surface area contributed by atoms with E-state index in [1.54, 1.807) is 7.11 Å². The Balaban J connectivity index is 1.70. The Bertz CT molecular complexity index is 537. The highest BCUT2D eigenvalue weighted by Crippen LogP contribution is 2.27. The highest BCUT2D eigenvalue weighted by Gasteiger charge is 2.31. The topological polar surface area (TPSA) is 49.8 Å². The summed E-state index contributed by atoms with van der Waals surface area (Å²) in [4.78, 5) is 4.46. The molecule has 0 saturated heterocycles. The number of ether oxygens (including phenoxy) is 4. The van der Waals surface area contributed by atoms with Crippen molar-refractivity contribution in [2.45, 2.75) is 71.7 Å². The molecule has 1 aliphatic rings. The molecule has 0 amide bonds. The Kier molecular flexibility index (Phi) is 7.71. The van der Waals surface area contributed by atoms with Crippen molar-refractivity contribution >= 4 is 0 Å². The molecule has 0 aromatic carbocycles. The molecule has 5 heteroatoms. The van der Waals surface area contributed by atoms with E-state index in [-0.39, 0.29) is 11.7 Å². The zero-order chi connectivity index (χ0) is 19.2. The summed E-state index contributed by atoms with van der Waals surface area (Å²) in [5.41, 5.74) is -0.0813. The number of aromatic nitrogens is 1. The Labute approximate surface area is 158 Å². The average Bonchev–Trinajstić information content (AvgIpc) is 2.54. The van der Waals surface area contributed by atoms with Crippen LogP contribution in [0.1, 0.15) is 53.9 Å². The normalized spacial score (nSPS) is 22.4. The number of hydrogen-bond donors (Lipinski definition) is 0. The first-order valence-corrected chi connectivity index (χ1v) is 9.68. The van der Waals surface area contributed by atoms with Gasteiger partial charge in [-0.25, -0.2) is 0 Å². The van der Waals surface area contributed by atoms with E-state index in [4.69, 9.17) is 18.9 Å². The van der Waals surface area contributed by atoms with Gasteiger partial charge in [-0.2, -0.15) is 4.98 Å². The van der Waals surface area contributed by atoms with Crippen LogP contribution in [0.4, 0.5) is 0 Å². The lowest BCUT2D eigenvalue weighted by atomic mass is 9.92. The third-order valence-electron chi connectivity index (χ3n) is 4.49. The van der Waals surface area contributed by atoms with Crippen molar-refractivity contribution in [3.8, 4) is 11.8 Å². The third kappa shape index (κ3) is 7.50. The summed E-state index contributed by atoms with van der Waals surface area (Å²) in [5.74, 6) is 2.19. The van der Waals surface area contributed by atoms with Crippen molar-refractivity contribution < 1.29 is 18.9 Å². The summed E-state index contributed by atoms with van der Waals surface area (Å²) in [6, 6.07) is 5.68. The molecule has 1 heterocycles. The van der Waals surface area contributed by atoms with Crippen LogP contribution in [0.2, 0.25) is 0 Å². The quantitative estimate of drug-likeness (QED) is 0.611. The zero-order valence-electron chi connectivity index (χ0n) is 17.2. The first-order valence-electron chi connectivity index (χ1n) is 9.68. The Morgan fingerprint density at radius 1 is 1.04 bits per heavy atom. The summed E-state index contributed by atoms with van der Waals surface area (Å²) < 4.78 is 22.9. The van der Waals surface area contributed by atoms with Gasteiger partial charge in [-0.15, -0.1) is 0 Å². The van der Waals surface area contributed by atoms with Gasteiger partial charge in [-0.3, -0.25) is 0 Å². The second kappa shape index (κ2) is 9.56. The van der Waals surface area contributed by atoms with Gasteiger partial charge in [0, 0.05) is 38.7 Å². The van der Waals surface area contributed by atoms with Gasteiger partial charge in [0.1, 0.15) is 6.10 Å². The van der Waals surface area contributed by atoms with E-state index in [2.05, 4.69) is 39.6 Å². The van der Waals surface area contributed by atoms with Crippen molar-refractivity contribution in [1.29, 1.82) is 0 Å². The van der Waals surface area contributed by atoms with Gasteiger partial charge in [-0.05, 0) is 39.0 Å². The molecule has 1 saturated carbocycles. The molecule has 1 aliphatic carbocycles. The lowest BCUT2D eigenvalue weighted by Gasteiger charge is -2.33. The molecule has 1 aromatic rings. The van der Waals surface area contributed by atoms with Crippen molar-refractivity contribution in [1.82, 2.24) is 4.98 Å². The van der Waals surface area contributed by atoms with Gasteiger partial charge < -0.3 is 18.9 Å². The molecule has 0 N–H and O–H groups in total. The second-order valence-electron chi connectivity index (χ2n) is 8.56. The van der Waals surface area contributed by atoms with Crippen LogP contribution in [-0.2, 0) is 9.47 Å². The standard InChI is InChI=1S/C21H35NO4/c1-15(10-16(2)14-25-21(3,4)5)13-24-19-8-7-9-20(22-19)26-18-11-17(12-18)23-6/h7-9,15-18H,10-14H2,1-6H3. The minimum absolute atomic E-state index is 0.0813. The Morgan fingerprint density at radius 3 is 2.35 bits per heavy atom. The highest BCUT2D eigenvalue weighted by molar-refractivity contribution is 5.20. The van der Waals surface area contributed by atoms with Crippen LogP contribution < -0.4 is 9.47 Å². The fourth-order valence-electron chi connectivity index (χ4n) is 2.96. The molecule has 2 unspecified atom stereocenters. The van der Waals surface area contributed by atoms with E-state index in [0.29, 0.717) is 36.3 Å². The predicted molar refractivity (Wildman–Crippen MR) is 103 cm³/mol. The van der Waals surface area contributed by atoms with E-state index >= 15 is 0 Å². The van der Waals surface area contributed by atoms with Gasteiger partial charge in [0.15, 0.2) is 0 Å². The van der Waals surface area contributed by atoms with Gasteiger partial charge in [0.25, 0.3) is 0 Å². The summed E-state index contributed by atoms with van der Waals surface area (Å²) in [7, 11) is 1.74. The molecule has 1 aromatic heterocycles. The van der Waals surface area contributed by atoms with Crippen LogP contribution in [0.25, 0.3) is 0 Å². The van der Waals surface area contributed by atoms with Crippen molar-refractivity contribution in [3.63, 3.8) is 0 Å². The summed E-state index contributed by atoms with van der Waals surface area (Å²) in [6.45, 7) is 12.1. The first-order chi connectivity index (χ1) is 12.2. The molecular weight excluding hydrogens is 330 g/mol. The van der Waals surface area contributed by atoms with Crippen molar-refractivity contribution in [2.75, 3.05) is 20.3 Å². The third-order valence-corrected chi connectivity index (χ3v) is 4.49. The van der Waals surface area contributed by atoms with Crippen LogP contribution in [0, 0.1) is 11.8 Å². The zero-order valence-corrected chi connectivity index (χ0v) is 17.2. The highest BCUT2D eigenvalue weighted by atomic mass is 16.5. The molecule has 1 fully saturated rings. The largest absolute Gasteiger partial charge is 0.477 e. The van der Waals surface area contributed by atoms with Crippen LogP contribution in [0.5, 0.6) is 11.8 Å². The van der Waals surface area contributed by atoms with Gasteiger partial charge in [0.05, 0.1) is 18.3 Å². The van der Waals surface area contributed by atoms with Gasteiger partial charge in [-0.1, -0.05) is 19.9 Å². The van der Waals surface area contributed by atoms with E-state index in [9.17, 15) is 0 Å². The predicted octanol–water partition coefficient (Wildman–Crippen LogP) is 4.49. The van der Waals surface area contributed by atoms with Crippen LogP contribution in [0.3, 0.4) is 0 Å². The molecular formula is C21H35NO4. The molecule has 0 aliphatic heterocycles. The average molecular weight is 366 g/mol. The molecule has 26 heavy (non-hydrogen) atoms. The monoisotopic (exact) mass is 365 g/mol. The van der Waals surface area contributed by atoms with E-state index in [0.717, 1.165) is 25.9 Å². The van der Waals surface area contributed by atoms with Gasteiger partial charge >= 0.3 is 0 Å². The maximum atomic E-state index is 5.87. The van der Waals surface area contributed by atoms with Crippen LogP contribution in [0.15, 0.2) is 18.2 Å². The molecule has 2 atom stereocenters. The van der Waals surface area contributed by atoms with E-state index < -0.39 is 0 Å². The number of hydrogen-bond acceptors (Lipinski definition) is 5. The molecule has 2 rings (SSSR count). The fourth-order valence-corrected chi connectivity index (χ4v) is 2.96. The maximum absolute atomic E-state index is 5.87. The van der Waals surface area contributed by atoms with Gasteiger partial charge in [0.2, 0.25) is 11.8 Å². The number of methoxy groups -OCH3 is 1. The van der Waals surface area contributed by atoms with Crippen LogP contribution >= 0.6 is 0 Å². The number of rotatable bonds is 10. The lowest BCUT2D eigenvalue weighted by Crippen LogP contribution is -2.39. The molecule has 5 nitrogen and oxygen atoms in total. The van der Waals surface area contributed by atoms with Crippen molar-refractivity contribution in [3.05, 3.63) is 18.2 Å². The van der Waals surface area contributed by atoms with E-state index in [1.165, 1.54) is 0 Å². The summed E-state index contributed by atoms with van der Waals surface area (Å²) >= 11 is 0. The second-order valence-corrected chi connectivity index (χ2v) is 8.56. The minimum Gasteiger partial charge on any atom is -0.477 e. The molecule has 0 radical (unpaired) electrons.